The van der Waals surface area contributed by atoms with E-state index in [4.69, 9.17) is 15.5 Å². The summed E-state index contributed by atoms with van der Waals surface area (Å²) in [5.41, 5.74) is 7.70. The van der Waals surface area contributed by atoms with Gasteiger partial charge in [0.1, 0.15) is 5.82 Å². The third kappa shape index (κ3) is 4.14. The van der Waals surface area contributed by atoms with Gasteiger partial charge in [-0.05, 0) is 25.1 Å². The van der Waals surface area contributed by atoms with Crippen LogP contribution in [0.2, 0.25) is 0 Å². The molecule has 0 bridgehead atoms. The number of sulfone groups is 1. The van der Waals surface area contributed by atoms with E-state index in [2.05, 4.69) is 14.9 Å². The molecule has 30 heavy (non-hydrogen) atoms. The van der Waals surface area contributed by atoms with Gasteiger partial charge in [-0.2, -0.15) is 0 Å². The predicted octanol–water partition coefficient (Wildman–Crippen LogP) is 1.49. The number of hydrogen-bond acceptors (Lipinski definition) is 7. The topological polar surface area (TPSA) is 131 Å². The van der Waals surface area contributed by atoms with Gasteiger partial charge in [-0.3, -0.25) is 4.79 Å². The van der Waals surface area contributed by atoms with Crippen molar-refractivity contribution in [1.29, 1.82) is 0 Å². The fourth-order valence-electron chi connectivity index (χ4n) is 3.63. The lowest BCUT2D eigenvalue weighted by atomic mass is 10.1. The maximum Gasteiger partial charge on any atom is 0.250 e. The Hall–Kier alpha value is -2.98. The minimum atomic E-state index is -3.28. The molecular formula is C20H23N5O4S. The van der Waals surface area contributed by atoms with Crippen molar-refractivity contribution in [3.63, 3.8) is 0 Å². The Labute approximate surface area is 174 Å². The lowest BCUT2D eigenvalue weighted by Crippen LogP contribution is -2.44. The number of nitrogens with zero attached hydrogens (tertiary/aromatic N) is 3. The van der Waals surface area contributed by atoms with Gasteiger partial charge >= 0.3 is 0 Å². The molecule has 1 aliphatic heterocycles. The maximum absolute atomic E-state index is 11.9. The third-order valence-corrected chi connectivity index (χ3v) is 5.86. The highest BCUT2D eigenvalue weighted by molar-refractivity contribution is 7.89. The average molecular weight is 430 g/mol. The molecule has 0 aliphatic carbocycles. The number of fused-ring (bicyclic) bond motifs is 1. The second kappa shape index (κ2) is 7.69. The molecule has 0 spiro atoms. The Bertz CT molecular complexity index is 1220. The van der Waals surface area contributed by atoms with Crippen LogP contribution in [0.3, 0.4) is 0 Å². The predicted molar refractivity (Wildman–Crippen MR) is 114 cm³/mol. The standard InChI is InChI=1S/C20H23N5O4S/c1-12-10-29-6-5-25(12)18-8-14(11-30(2,27)28)23-20(24-18)13-3-4-17-15(7-13)16(9-22-17)19(21)26/h3-4,7-9,12,22H,5-6,10-11H2,1-2H3,(H2,21,26)/t12-/m0/s1. The van der Waals surface area contributed by atoms with Crippen LogP contribution in [0.4, 0.5) is 5.82 Å². The van der Waals surface area contributed by atoms with E-state index in [1.165, 1.54) is 6.26 Å². The zero-order valence-electron chi connectivity index (χ0n) is 16.8. The highest BCUT2D eigenvalue weighted by Crippen LogP contribution is 2.27. The molecular weight excluding hydrogens is 406 g/mol. The molecule has 4 rings (SSSR count). The number of benzene rings is 1. The normalized spacial score (nSPS) is 17.4. The molecule has 3 heterocycles. The maximum atomic E-state index is 11.9. The number of aromatic amines is 1. The molecule has 1 aromatic carbocycles. The Balaban J connectivity index is 1.84. The van der Waals surface area contributed by atoms with Crippen molar-refractivity contribution in [3.8, 4) is 11.4 Å². The number of primary amides is 1. The van der Waals surface area contributed by atoms with Crippen molar-refractivity contribution in [1.82, 2.24) is 15.0 Å². The number of morpholine rings is 1. The fourth-order valence-corrected chi connectivity index (χ4v) is 4.32. The zero-order valence-corrected chi connectivity index (χ0v) is 17.6. The Morgan fingerprint density at radius 2 is 2.13 bits per heavy atom. The second-order valence-electron chi connectivity index (χ2n) is 7.56. The van der Waals surface area contributed by atoms with Gasteiger partial charge in [0.15, 0.2) is 15.7 Å². The first-order valence-corrected chi connectivity index (χ1v) is 11.6. The van der Waals surface area contributed by atoms with Crippen molar-refractivity contribution in [2.45, 2.75) is 18.7 Å². The summed E-state index contributed by atoms with van der Waals surface area (Å²) in [5, 5.41) is 0.665. The number of aromatic nitrogens is 3. The van der Waals surface area contributed by atoms with E-state index in [-0.39, 0.29) is 11.8 Å². The van der Waals surface area contributed by atoms with Crippen LogP contribution in [0.5, 0.6) is 0 Å². The number of hydrogen-bond donors (Lipinski definition) is 2. The van der Waals surface area contributed by atoms with Gasteiger partial charge in [0.05, 0.1) is 36.3 Å². The number of amides is 1. The number of anilines is 1. The zero-order chi connectivity index (χ0) is 21.5. The smallest absolute Gasteiger partial charge is 0.250 e. The van der Waals surface area contributed by atoms with Crippen LogP contribution in [-0.4, -0.2) is 61.3 Å². The summed E-state index contributed by atoms with van der Waals surface area (Å²) >= 11 is 0. The highest BCUT2D eigenvalue weighted by atomic mass is 32.2. The van der Waals surface area contributed by atoms with E-state index in [9.17, 15) is 13.2 Å². The summed E-state index contributed by atoms with van der Waals surface area (Å²) in [4.78, 5) is 26.0. The summed E-state index contributed by atoms with van der Waals surface area (Å²) in [6, 6.07) is 7.26. The van der Waals surface area contributed by atoms with Crippen molar-refractivity contribution in [2.75, 3.05) is 30.9 Å². The molecule has 0 unspecified atom stereocenters. The van der Waals surface area contributed by atoms with Crippen molar-refractivity contribution < 1.29 is 17.9 Å². The third-order valence-electron chi connectivity index (χ3n) is 5.04. The first-order valence-electron chi connectivity index (χ1n) is 9.52. The summed E-state index contributed by atoms with van der Waals surface area (Å²) in [6.07, 6.45) is 2.75. The number of nitrogens with two attached hydrogens (primary N) is 1. The molecule has 9 nitrogen and oxygen atoms in total. The van der Waals surface area contributed by atoms with Crippen LogP contribution in [0.25, 0.3) is 22.3 Å². The van der Waals surface area contributed by atoms with E-state index in [0.29, 0.717) is 53.6 Å². The molecule has 1 amide bonds. The van der Waals surface area contributed by atoms with Crippen LogP contribution in [0.15, 0.2) is 30.5 Å². The fraction of sp³-hybridized carbons (Fsp3) is 0.350. The Morgan fingerprint density at radius 3 is 2.83 bits per heavy atom. The minimum Gasteiger partial charge on any atom is -0.377 e. The van der Waals surface area contributed by atoms with Crippen LogP contribution < -0.4 is 10.6 Å². The molecule has 158 valence electrons. The molecule has 1 atom stereocenters. The van der Waals surface area contributed by atoms with Crippen molar-refractivity contribution in [2.24, 2.45) is 5.73 Å². The van der Waals surface area contributed by atoms with E-state index in [1.54, 1.807) is 18.3 Å². The van der Waals surface area contributed by atoms with Gasteiger partial charge in [-0.15, -0.1) is 0 Å². The van der Waals surface area contributed by atoms with E-state index in [0.717, 1.165) is 5.52 Å². The lowest BCUT2D eigenvalue weighted by Gasteiger charge is -2.34. The monoisotopic (exact) mass is 429 g/mol. The summed E-state index contributed by atoms with van der Waals surface area (Å²) < 4.78 is 29.3. The molecule has 0 radical (unpaired) electrons. The first kappa shape index (κ1) is 20.3. The quantitative estimate of drug-likeness (QED) is 0.628. The van der Waals surface area contributed by atoms with Crippen LogP contribution in [-0.2, 0) is 20.3 Å². The van der Waals surface area contributed by atoms with Crippen LogP contribution >= 0.6 is 0 Å². The molecule has 1 saturated heterocycles. The average Bonchev–Trinajstić information content (AvgIpc) is 3.10. The number of rotatable bonds is 5. The molecule has 10 heteroatoms. The SMILES string of the molecule is C[C@H]1COCCN1c1cc(CS(C)(=O)=O)nc(-c2ccc3[nH]cc(C(N)=O)c3c2)n1. The first-order chi connectivity index (χ1) is 14.2. The van der Waals surface area contributed by atoms with E-state index < -0.39 is 15.7 Å². The summed E-state index contributed by atoms with van der Waals surface area (Å²) in [6.45, 7) is 3.82. The van der Waals surface area contributed by atoms with Gasteiger partial charge < -0.3 is 20.4 Å². The molecule has 0 saturated carbocycles. The van der Waals surface area contributed by atoms with Crippen molar-refractivity contribution >= 4 is 32.5 Å². The summed E-state index contributed by atoms with van der Waals surface area (Å²) in [5.74, 6) is 0.322. The van der Waals surface area contributed by atoms with Gasteiger partial charge in [0, 0.05) is 41.5 Å². The largest absolute Gasteiger partial charge is 0.377 e. The van der Waals surface area contributed by atoms with Gasteiger partial charge in [0.25, 0.3) is 5.91 Å². The molecule has 3 N–H and O–H groups in total. The molecule has 1 aliphatic rings. The number of H-pyrrole nitrogens is 1. The number of carbonyl (C=O) groups excluding carboxylic acids is 1. The van der Waals surface area contributed by atoms with Gasteiger partial charge in [0.2, 0.25) is 0 Å². The lowest BCUT2D eigenvalue weighted by molar-refractivity contribution is 0.0985. The van der Waals surface area contributed by atoms with Gasteiger partial charge in [-0.1, -0.05) is 0 Å². The number of nitrogens with one attached hydrogen (secondary N) is 1. The van der Waals surface area contributed by atoms with Gasteiger partial charge in [-0.25, -0.2) is 18.4 Å². The van der Waals surface area contributed by atoms with Crippen molar-refractivity contribution in [3.05, 3.63) is 41.7 Å². The van der Waals surface area contributed by atoms with E-state index in [1.807, 2.05) is 19.1 Å². The minimum absolute atomic E-state index is 0.0983. The molecule has 3 aromatic rings. The van der Waals surface area contributed by atoms with Crippen LogP contribution in [0.1, 0.15) is 23.0 Å². The Morgan fingerprint density at radius 1 is 1.33 bits per heavy atom. The van der Waals surface area contributed by atoms with E-state index >= 15 is 0 Å². The number of carbonyl (C=O) groups is 1. The molecule has 2 aromatic heterocycles. The number of ether oxygens (including phenoxy) is 1. The summed E-state index contributed by atoms with van der Waals surface area (Å²) in [7, 11) is -3.28. The Kier molecular flexibility index (Phi) is 5.20. The highest BCUT2D eigenvalue weighted by Gasteiger charge is 2.23. The second-order valence-corrected chi connectivity index (χ2v) is 9.70. The van der Waals surface area contributed by atoms with Crippen LogP contribution in [0, 0.1) is 0 Å². The molecule has 1 fully saturated rings.